The summed E-state index contributed by atoms with van der Waals surface area (Å²) in [6.45, 7) is 3.56. The number of ether oxygens (including phenoxy) is 2. The summed E-state index contributed by atoms with van der Waals surface area (Å²) in [5.74, 6) is 1.79. The fourth-order valence-corrected chi connectivity index (χ4v) is 3.84. The van der Waals surface area contributed by atoms with Crippen LogP contribution in [0.2, 0.25) is 0 Å². The third-order valence-electron chi connectivity index (χ3n) is 5.16. The van der Waals surface area contributed by atoms with E-state index in [-0.39, 0.29) is 11.9 Å². The van der Waals surface area contributed by atoms with Gasteiger partial charge in [-0.05, 0) is 55.5 Å². The van der Waals surface area contributed by atoms with Crippen LogP contribution in [0.5, 0.6) is 17.2 Å². The van der Waals surface area contributed by atoms with Crippen molar-refractivity contribution in [2.24, 2.45) is 0 Å². The largest absolute Gasteiger partial charge is 0.507 e. The van der Waals surface area contributed by atoms with Crippen LogP contribution in [0, 0.1) is 0 Å². The quantitative estimate of drug-likeness (QED) is 0.889. The smallest absolute Gasteiger partial charge is 0.131 e. The molecule has 0 aromatic heterocycles. The molecule has 0 amide bonds. The minimum absolute atomic E-state index is 0.232. The highest BCUT2D eigenvalue weighted by molar-refractivity contribution is 5.81. The summed E-state index contributed by atoms with van der Waals surface area (Å²) in [4.78, 5) is 0. The topological polar surface area (TPSA) is 58.9 Å². The zero-order valence-corrected chi connectivity index (χ0v) is 14.2. The van der Waals surface area contributed by atoms with Crippen LogP contribution in [0.25, 0.3) is 11.1 Å². The molecule has 0 spiro atoms. The number of rotatable bonds is 2. The predicted molar refractivity (Wildman–Crippen MR) is 91.9 cm³/mol. The van der Waals surface area contributed by atoms with E-state index in [1.807, 2.05) is 18.2 Å². The van der Waals surface area contributed by atoms with Crippen LogP contribution in [0.1, 0.15) is 30.5 Å². The second-order valence-corrected chi connectivity index (χ2v) is 7.21. The number of methoxy groups -OCH3 is 1. The molecule has 4 rings (SSSR count). The maximum Gasteiger partial charge on any atom is 0.131 e. The summed E-state index contributed by atoms with van der Waals surface area (Å²) in [7, 11) is 1.61. The molecule has 1 aliphatic heterocycles. The highest BCUT2D eigenvalue weighted by Crippen LogP contribution is 2.47. The molecule has 0 unspecified atom stereocenters. The van der Waals surface area contributed by atoms with Gasteiger partial charge in [-0.1, -0.05) is 6.07 Å². The van der Waals surface area contributed by atoms with Crippen LogP contribution in [0.3, 0.4) is 0 Å². The zero-order chi connectivity index (χ0) is 17.1. The molecule has 0 fully saturated rings. The SMILES string of the molecule is COc1cc(O)c2c(c1)CCc1c-2ccc2c1C[C@H](C(C)(C)O)O2. The van der Waals surface area contributed by atoms with E-state index < -0.39 is 5.60 Å². The molecular formula is C20H22O4. The highest BCUT2D eigenvalue weighted by Gasteiger charge is 2.37. The van der Waals surface area contributed by atoms with Crippen LogP contribution in [0.4, 0.5) is 0 Å². The molecule has 0 radical (unpaired) electrons. The van der Waals surface area contributed by atoms with Crippen molar-refractivity contribution in [3.63, 3.8) is 0 Å². The van der Waals surface area contributed by atoms with E-state index in [4.69, 9.17) is 9.47 Å². The molecule has 1 atom stereocenters. The van der Waals surface area contributed by atoms with E-state index in [1.165, 1.54) is 11.1 Å². The maximum atomic E-state index is 10.5. The number of aliphatic hydroxyl groups is 1. The lowest BCUT2D eigenvalue weighted by Gasteiger charge is -2.24. The van der Waals surface area contributed by atoms with Crippen molar-refractivity contribution in [3.8, 4) is 28.4 Å². The Kier molecular flexibility index (Phi) is 3.29. The first-order valence-electron chi connectivity index (χ1n) is 8.32. The van der Waals surface area contributed by atoms with E-state index in [0.717, 1.165) is 35.3 Å². The number of aromatic hydroxyl groups is 1. The highest BCUT2D eigenvalue weighted by atomic mass is 16.5. The maximum absolute atomic E-state index is 10.5. The van der Waals surface area contributed by atoms with Crippen LogP contribution < -0.4 is 9.47 Å². The van der Waals surface area contributed by atoms with Gasteiger partial charge in [-0.25, -0.2) is 0 Å². The summed E-state index contributed by atoms with van der Waals surface area (Å²) in [6.07, 6.45) is 2.23. The summed E-state index contributed by atoms with van der Waals surface area (Å²) in [5.41, 5.74) is 4.58. The van der Waals surface area contributed by atoms with Crippen molar-refractivity contribution in [1.29, 1.82) is 0 Å². The number of hydrogen-bond donors (Lipinski definition) is 2. The fourth-order valence-electron chi connectivity index (χ4n) is 3.84. The van der Waals surface area contributed by atoms with Gasteiger partial charge in [0.1, 0.15) is 23.4 Å². The van der Waals surface area contributed by atoms with Gasteiger partial charge in [0.05, 0.1) is 12.7 Å². The first-order valence-corrected chi connectivity index (χ1v) is 8.32. The average molecular weight is 326 g/mol. The zero-order valence-electron chi connectivity index (χ0n) is 14.2. The molecule has 2 aliphatic rings. The van der Waals surface area contributed by atoms with Crippen molar-refractivity contribution in [2.75, 3.05) is 7.11 Å². The molecule has 0 saturated carbocycles. The van der Waals surface area contributed by atoms with Crippen LogP contribution in [-0.4, -0.2) is 29.0 Å². The minimum atomic E-state index is -0.881. The third kappa shape index (κ3) is 2.25. The van der Waals surface area contributed by atoms with Gasteiger partial charge in [0.15, 0.2) is 0 Å². The van der Waals surface area contributed by atoms with Gasteiger partial charge in [0.25, 0.3) is 0 Å². The number of aryl methyl sites for hydroxylation is 1. The first kappa shape index (κ1) is 15.3. The fraction of sp³-hybridized carbons (Fsp3) is 0.400. The molecule has 4 heteroatoms. The van der Waals surface area contributed by atoms with Gasteiger partial charge in [0.2, 0.25) is 0 Å². The van der Waals surface area contributed by atoms with Crippen LogP contribution in [-0.2, 0) is 19.3 Å². The molecule has 0 bridgehead atoms. The van der Waals surface area contributed by atoms with E-state index in [0.29, 0.717) is 12.2 Å². The van der Waals surface area contributed by atoms with Gasteiger partial charge in [0, 0.05) is 23.6 Å². The Morgan fingerprint density at radius 2 is 1.96 bits per heavy atom. The Morgan fingerprint density at radius 3 is 2.67 bits per heavy atom. The van der Waals surface area contributed by atoms with Crippen LogP contribution in [0.15, 0.2) is 24.3 Å². The van der Waals surface area contributed by atoms with Crippen molar-refractivity contribution < 1.29 is 19.7 Å². The molecule has 0 saturated heterocycles. The number of phenolic OH excluding ortho intramolecular Hbond substituents is 1. The van der Waals surface area contributed by atoms with E-state index in [2.05, 4.69) is 0 Å². The summed E-state index contributed by atoms with van der Waals surface area (Å²) in [5, 5.41) is 20.8. The molecule has 126 valence electrons. The van der Waals surface area contributed by atoms with Crippen molar-refractivity contribution >= 4 is 0 Å². The summed E-state index contributed by atoms with van der Waals surface area (Å²) < 4.78 is 11.2. The minimum Gasteiger partial charge on any atom is -0.507 e. The van der Waals surface area contributed by atoms with Gasteiger partial charge in [-0.2, -0.15) is 0 Å². The molecule has 1 aliphatic carbocycles. The van der Waals surface area contributed by atoms with Crippen molar-refractivity contribution in [1.82, 2.24) is 0 Å². The number of fused-ring (bicyclic) bond motifs is 5. The number of phenols is 1. The average Bonchev–Trinajstić information content (AvgIpc) is 2.98. The Bertz CT molecular complexity index is 817. The normalized spacial score (nSPS) is 18.4. The first-order chi connectivity index (χ1) is 11.4. The molecule has 2 aromatic carbocycles. The molecule has 2 N–H and O–H groups in total. The van der Waals surface area contributed by atoms with E-state index >= 15 is 0 Å². The van der Waals surface area contributed by atoms with Gasteiger partial charge >= 0.3 is 0 Å². The Hall–Kier alpha value is -2.20. The van der Waals surface area contributed by atoms with Crippen LogP contribution >= 0.6 is 0 Å². The molecule has 2 aromatic rings. The number of benzene rings is 2. The predicted octanol–water partition coefficient (Wildman–Crippen LogP) is 3.24. The molecule has 1 heterocycles. The van der Waals surface area contributed by atoms with Gasteiger partial charge in [-0.15, -0.1) is 0 Å². The third-order valence-corrected chi connectivity index (χ3v) is 5.16. The second kappa shape index (κ2) is 5.15. The molecular weight excluding hydrogens is 304 g/mol. The standard InChI is InChI=1S/C20H22O4/c1-20(2,22)18-10-15-13-5-4-11-8-12(23-3)9-16(21)19(11)14(13)6-7-17(15)24-18/h6-9,18,21-22H,4-5,10H2,1-3H3/t18-/m1/s1. The summed E-state index contributed by atoms with van der Waals surface area (Å²) in [6, 6.07) is 7.64. The Balaban J connectivity index is 1.83. The van der Waals surface area contributed by atoms with E-state index in [9.17, 15) is 10.2 Å². The molecule has 4 nitrogen and oxygen atoms in total. The van der Waals surface area contributed by atoms with E-state index in [1.54, 1.807) is 27.0 Å². The van der Waals surface area contributed by atoms with Crippen molar-refractivity contribution in [2.45, 2.75) is 44.8 Å². The Labute approximate surface area is 141 Å². The Morgan fingerprint density at radius 1 is 1.17 bits per heavy atom. The second-order valence-electron chi connectivity index (χ2n) is 7.21. The van der Waals surface area contributed by atoms with Gasteiger partial charge in [-0.3, -0.25) is 0 Å². The van der Waals surface area contributed by atoms with Gasteiger partial charge < -0.3 is 19.7 Å². The lowest BCUT2D eigenvalue weighted by molar-refractivity contribution is -0.0229. The number of hydrogen-bond acceptors (Lipinski definition) is 4. The lowest BCUT2D eigenvalue weighted by atomic mass is 9.81. The monoisotopic (exact) mass is 326 g/mol. The van der Waals surface area contributed by atoms with Crippen molar-refractivity contribution in [3.05, 3.63) is 41.0 Å². The summed E-state index contributed by atoms with van der Waals surface area (Å²) >= 11 is 0. The lowest BCUT2D eigenvalue weighted by Crippen LogP contribution is -2.39. The molecule has 24 heavy (non-hydrogen) atoms.